The summed E-state index contributed by atoms with van der Waals surface area (Å²) in [4.78, 5) is 3.37. The van der Waals surface area contributed by atoms with Crippen molar-refractivity contribution in [2.24, 2.45) is 0 Å². The minimum Gasteiger partial charge on any atom is -0.399 e. The molecule has 0 saturated heterocycles. The predicted molar refractivity (Wildman–Crippen MR) is 76.8 cm³/mol. The number of nitrogens with one attached hydrogen (secondary N) is 2. The van der Waals surface area contributed by atoms with Crippen LogP contribution in [0.15, 0.2) is 24.4 Å². The number of rotatable bonds is 2. The lowest BCUT2D eigenvalue weighted by atomic mass is 9.81. The zero-order valence-electron chi connectivity index (χ0n) is 10.9. The Labute approximate surface area is 108 Å². The van der Waals surface area contributed by atoms with Gasteiger partial charge in [0.2, 0.25) is 0 Å². The fourth-order valence-electron chi connectivity index (χ4n) is 3.19. The van der Waals surface area contributed by atoms with Crippen LogP contribution in [0.3, 0.4) is 0 Å². The first-order valence-electron chi connectivity index (χ1n) is 6.81. The van der Waals surface area contributed by atoms with Gasteiger partial charge >= 0.3 is 0 Å². The van der Waals surface area contributed by atoms with E-state index >= 15 is 0 Å². The molecule has 0 bridgehead atoms. The normalized spacial score (nSPS) is 24.5. The van der Waals surface area contributed by atoms with Gasteiger partial charge < -0.3 is 16.0 Å². The molecule has 18 heavy (non-hydrogen) atoms. The fourth-order valence-corrected chi connectivity index (χ4v) is 3.19. The van der Waals surface area contributed by atoms with Gasteiger partial charge in [-0.05, 0) is 62.4 Å². The van der Waals surface area contributed by atoms with Crippen molar-refractivity contribution in [3.8, 4) is 0 Å². The molecule has 1 aromatic carbocycles. The molecule has 1 aromatic heterocycles. The van der Waals surface area contributed by atoms with Gasteiger partial charge in [-0.15, -0.1) is 0 Å². The Kier molecular flexibility index (Phi) is 3.00. The maximum absolute atomic E-state index is 5.90. The van der Waals surface area contributed by atoms with E-state index in [4.69, 9.17) is 5.73 Å². The molecule has 3 rings (SSSR count). The van der Waals surface area contributed by atoms with Crippen molar-refractivity contribution >= 4 is 16.6 Å². The predicted octanol–water partition coefficient (Wildman–Crippen LogP) is 3.00. The number of hydrogen-bond acceptors (Lipinski definition) is 2. The Morgan fingerprint density at radius 3 is 2.72 bits per heavy atom. The maximum atomic E-state index is 5.90. The molecule has 1 aliphatic rings. The van der Waals surface area contributed by atoms with E-state index in [-0.39, 0.29) is 0 Å². The lowest BCUT2D eigenvalue weighted by Gasteiger charge is -2.28. The lowest BCUT2D eigenvalue weighted by Crippen LogP contribution is -2.29. The van der Waals surface area contributed by atoms with Gasteiger partial charge in [-0.25, -0.2) is 0 Å². The van der Waals surface area contributed by atoms with Gasteiger partial charge in [0.1, 0.15) is 0 Å². The zero-order chi connectivity index (χ0) is 12.5. The molecule has 0 spiro atoms. The van der Waals surface area contributed by atoms with Gasteiger partial charge in [0.05, 0.1) is 0 Å². The molecule has 1 heterocycles. The third kappa shape index (κ3) is 1.99. The Morgan fingerprint density at radius 1 is 1.22 bits per heavy atom. The van der Waals surface area contributed by atoms with Gasteiger partial charge in [0, 0.05) is 28.8 Å². The van der Waals surface area contributed by atoms with E-state index < -0.39 is 0 Å². The van der Waals surface area contributed by atoms with Crippen LogP contribution >= 0.6 is 0 Å². The smallest absolute Gasteiger partial charge is 0.0458 e. The van der Waals surface area contributed by atoms with E-state index in [0.29, 0.717) is 12.0 Å². The summed E-state index contributed by atoms with van der Waals surface area (Å²) in [7, 11) is 2.07. The van der Waals surface area contributed by atoms with Crippen molar-refractivity contribution in [1.29, 1.82) is 0 Å². The Morgan fingerprint density at radius 2 is 2.00 bits per heavy atom. The van der Waals surface area contributed by atoms with Crippen LogP contribution in [0.1, 0.15) is 37.2 Å². The van der Waals surface area contributed by atoms with Crippen molar-refractivity contribution < 1.29 is 0 Å². The number of H-pyrrole nitrogens is 1. The molecule has 0 unspecified atom stereocenters. The van der Waals surface area contributed by atoms with Gasteiger partial charge in [0.25, 0.3) is 0 Å². The summed E-state index contributed by atoms with van der Waals surface area (Å²) in [6.45, 7) is 0. The Bertz CT molecular complexity index is 536. The van der Waals surface area contributed by atoms with Crippen molar-refractivity contribution in [1.82, 2.24) is 10.3 Å². The molecule has 0 aliphatic heterocycles. The minimum absolute atomic E-state index is 0.685. The van der Waals surface area contributed by atoms with Crippen LogP contribution in [0.25, 0.3) is 10.9 Å². The number of benzene rings is 1. The number of fused-ring (bicyclic) bond motifs is 1. The van der Waals surface area contributed by atoms with Crippen LogP contribution < -0.4 is 11.1 Å². The standard InChI is InChI=1S/C15H21N3/c1-17-12-5-2-10(3-6-12)14-9-18-15-7-4-11(16)8-13(14)15/h4,7-10,12,17-18H,2-3,5-6,16H2,1H3. The quantitative estimate of drug-likeness (QED) is 0.710. The largest absolute Gasteiger partial charge is 0.399 e. The minimum atomic E-state index is 0.685. The van der Waals surface area contributed by atoms with E-state index in [2.05, 4.69) is 35.7 Å². The highest BCUT2D eigenvalue weighted by Gasteiger charge is 2.23. The average molecular weight is 243 g/mol. The third-order valence-corrected chi connectivity index (χ3v) is 4.31. The van der Waals surface area contributed by atoms with Crippen LogP contribution in [0.5, 0.6) is 0 Å². The molecular weight excluding hydrogens is 222 g/mol. The molecule has 3 heteroatoms. The topological polar surface area (TPSA) is 53.8 Å². The second-order valence-corrected chi connectivity index (χ2v) is 5.39. The number of nitrogens with two attached hydrogens (primary N) is 1. The molecular formula is C15H21N3. The summed E-state index contributed by atoms with van der Waals surface area (Å²) in [5.41, 5.74) is 9.41. The number of nitrogen functional groups attached to an aromatic ring is 1. The van der Waals surface area contributed by atoms with E-state index in [0.717, 1.165) is 5.69 Å². The van der Waals surface area contributed by atoms with E-state index in [9.17, 15) is 0 Å². The highest BCUT2D eigenvalue weighted by Crippen LogP contribution is 2.36. The molecule has 96 valence electrons. The van der Waals surface area contributed by atoms with E-state index in [1.807, 2.05) is 6.07 Å². The van der Waals surface area contributed by atoms with Crippen LogP contribution in [0.4, 0.5) is 5.69 Å². The van der Waals surface area contributed by atoms with Crippen LogP contribution in [-0.4, -0.2) is 18.1 Å². The van der Waals surface area contributed by atoms with Crippen LogP contribution in [0, 0.1) is 0 Å². The fraction of sp³-hybridized carbons (Fsp3) is 0.467. The highest BCUT2D eigenvalue weighted by molar-refractivity contribution is 5.86. The molecule has 0 atom stereocenters. The van der Waals surface area contributed by atoms with E-state index in [1.54, 1.807) is 0 Å². The summed E-state index contributed by atoms with van der Waals surface area (Å²) < 4.78 is 0. The van der Waals surface area contributed by atoms with E-state index in [1.165, 1.54) is 42.1 Å². The van der Waals surface area contributed by atoms with Gasteiger partial charge in [-0.2, -0.15) is 0 Å². The maximum Gasteiger partial charge on any atom is 0.0458 e. The first kappa shape index (κ1) is 11.6. The van der Waals surface area contributed by atoms with Crippen molar-refractivity contribution in [2.45, 2.75) is 37.6 Å². The molecule has 1 aliphatic carbocycles. The Hall–Kier alpha value is -1.48. The Balaban J connectivity index is 1.88. The van der Waals surface area contributed by atoms with Crippen LogP contribution in [-0.2, 0) is 0 Å². The zero-order valence-corrected chi connectivity index (χ0v) is 10.9. The number of anilines is 1. The summed E-state index contributed by atoms with van der Waals surface area (Å²) in [5.74, 6) is 0.685. The first-order valence-corrected chi connectivity index (χ1v) is 6.81. The third-order valence-electron chi connectivity index (χ3n) is 4.31. The van der Waals surface area contributed by atoms with Crippen molar-refractivity contribution in [2.75, 3.05) is 12.8 Å². The molecule has 4 N–H and O–H groups in total. The summed E-state index contributed by atoms with van der Waals surface area (Å²) in [5, 5.41) is 4.70. The number of aromatic nitrogens is 1. The summed E-state index contributed by atoms with van der Waals surface area (Å²) >= 11 is 0. The SMILES string of the molecule is CNC1CCC(c2c[nH]c3ccc(N)cc23)CC1. The van der Waals surface area contributed by atoms with Crippen molar-refractivity contribution in [3.63, 3.8) is 0 Å². The molecule has 3 nitrogen and oxygen atoms in total. The average Bonchev–Trinajstić information content (AvgIpc) is 2.82. The molecule has 1 saturated carbocycles. The van der Waals surface area contributed by atoms with Crippen molar-refractivity contribution in [3.05, 3.63) is 30.0 Å². The first-order chi connectivity index (χ1) is 8.78. The molecule has 2 aromatic rings. The summed E-state index contributed by atoms with van der Waals surface area (Å²) in [6, 6.07) is 6.84. The number of aromatic amines is 1. The summed E-state index contributed by atoms with van der Waals surface area (Å²) in [6.07, 6.45) is 7.27. The second kappa shape index (κ2) is 4.65. The molecule has 0 amide bonds. The van der Waals surface area contributed by atoms with Gasteiger partial charge in [-0.1, -0.05) is 0 Å². The van der Waals surface area contributed by atoms with Gasteiger partial charge in [-0.3, -0.25) is 0 Å². The molecule has 0 radical (unpaired) electrons. The lowest BCUT2D eigenvalue weighted by molar-refractivity contribution is 0.360. The van der Waals surface area contributed by atoms with Gasteiger partial charge in [0.15, 0.2) is 0 Å². The number of hydrogen-bond donors (Lipinski definition) is 3. The highest BCUT2D eigenvalue weighted by atomic mass is 14.9. The second-order valence-electron chi connectivity index (χ2n) is 5.39. The molecule has 1 fully saturated rings. The van der Waals surface area contributed by atoms with Crippen LogP contribution in [0.2, 0.25) is 0 Å². The monoisotopic (exact) mass is 243 g/mol.